The molecule has 2 rings (SSSR count). The quantitative estimate of drug-likeness (QED) is 0.586. The van der Waals surface area contributed by atoms with Crippen molar-refractivity contribution in [2.75, 3.05) is 0 Å². The van der Waals surface area contributed by atoms with Gasteiger partial charge in [0, 0.05) is 5.92 Å². The summed E-state index contributed by atoms with van der Waals surface area (Å²) in [5.41, 5.74) is 14.2. The number of rotatable bonds is 0. The molecule has 0 saturated carbocycles. The van der Waals surface area contributed by atoms with E-state index in [0.717, 1.165) is 12.8 Å². The summed E-state index contributed by atoms with van der Waals surface area (Å²) in [4.78, 5) is 0. The molecule has 0 aromatic heterocycles. The van der Waals surface area contributed by atoms with E-state index in [-0.39, 0.29) is 5.92 Å². The van der Waals surface area contributed by atoms with Gasteiger partial charge >= 0.3 is 0 Å². The summed E-state index contributed by atoms with van der Waals surface area (Å²) in [6, 6.07) is 8.43. The van der Waals surface area contributed by atoms with Crippen molar-refractivity contribution in [2.24, 2.45) is 11.5 Å². The summed E-state index contributed by atoms with van der Waals surface area (Å²) < 4.78 is 0. The fourth-order valence-corrected chi connectivity index (χ4v) is 2.04. The van der Waals surface area contributed by atoms with E-state index in [9.17, 15) is 0 Å². The SMILES string of the molecule is CC1c2ccccc2CCC1(N)N. The van der Waals surface area contributed by atoms with Crippen molar-refractivity contribution in [1.29, 1.82) is 0 Å². The first-order valence-corrected chi connectivity index (χ1v) is 4.77. The van der Waals surface area contributed by atoms with Crippen LogP contribution < -0.4 is 11.5 Å². The van der Waals surface area contributed by atoms with Gasteiger partial charge in [0.05, 0.1) is 5.66 Å². The molecule has 1 atom stereocenters. The molecule has 1 aromatic rings. The van der Waals surface area contributed by atoms with E-state index < -0.39 is 5.66 Å². The Morgan fingerprint density at radius 1 is 1.31 bits per heavy atom. The minimum Gasteiger partial charge on any atom is -0.313 e. The van der Waals surface area contributed by atoms with Crippen LogP contribution in [-0.4, -0.2) is 5.66 Å². The van der Waals surface area contributed by atoms with Crippen molar-refractivity contribution in [3.63, 3.8) is 0 Å². The molecule has 4 N–H and O–H groups in total. The molecule has 0 bridgehead atoms. The van der Waals surface area contributed by atoms with E-state index in [1.165, 1.54) is 11.1 Å². The maximum absolute atomic E-state index is 6.01. The van der Waals surface area contributed by atoms with Crippen molar-refractivity contribution >= 4 is 0 Å². The minimum atomic E-state index is -0.519. The van der Waals surface area contributed by atoms with Crippen molar-refractivity contribution in [1.82, 2.24) is 0 Å². The Morgan fingerprint density at radius 2 is 2.00 bits per heavy atom. The number of nitrogens with two attached hydrogens (primary N) is 2. The second kappa shape index (κ2) is 2.82. The van der Waals surface area contributed by atoms with Crippen LogP contribution in [0.2, 0.25) is 0 Å². The zero-order chi connectivity index (χ0) is 9.47. The maximum atomic E-state index is 6.01. The lowest BCUT2D eigenvalue weighted by Crippen LogP contribution is -2.55. The fourth-order valence-electron chi connectivity index (χ4n) is 2.04. The molecule has 0 radical (unpaired) electrons. The summed E-state index contributed by atoms with van der Waals surface area (Å²) in [5.74, 6) is 0.262. The second-order valence-corrected chi connectivity index (χ2v) is 4.03. The number of hydrogen-bond donors (Lipinski definition) is 2. The Morgan fingerprint density at radius 3 is 2.77 bits per heavy atom. The molecule has 2 nitrogen and oxygen atoms in total. The van der Waals surface area contributed by atoms with Crippen LogP contribution in [0.15, 0.2) is 24.3 Å². The molecule has 1 aliphatic carbocycles. The van der Waals surface area contributed by atoms with E-state index in [0.29, 0.717) is 0 Å². The molecule has 0 amide bonds. The first-order valence-electron chi connectivity index (χ1n) is 4.77. The average molecular weight is 176 g/mol. The molecule has 0 heterocycles. The van der Waals surface area contributed by atoms with E-state index in [1.807, 2.05) is 0 Å². The predicted molar refractivity (Wildman–Crippen MR) is 54.3 cm³/mol. The van der Waals surface area contributed by atoms with Gasteiger partial charge in [-0.1, -0.05) is 31.2 Å². The van der Waals surface area contributed by atoms with Gasteiger partial charge in [-0.3, -0.25) is 0 Å². The van der Waals surface area contributed by atoms with Crippen molar-refractivity contribution in [3.05, 3.63) is 35.4 Å². The standard InChI is InChI=1S/C11H16N2/c1-8-10-5-3-2-4-9(10)6-7-11(8,12)13/h2-5,8H,6-7,12-13H2,1H3. The average Bonchev–Trinajstić information content (AvgIpc) is 2.13. The molecule has 1 aromatic carbocycles. The molecule has 70 valence electrons. The topological polar surface area (TPSA) is 52.0 Å². The zero-order valence-corrected chi connectivity index (χ0v) is 7.96. The van der Waals surface area contributed by atoms with Gasteiger partial charge in [-0.25, -0.2) is 0 Å². The van der Waals surface area contributed by atoms with Crippen LogP contribution in [-0.2, 0) is 6.42 Å². The van der Waals surface area contributed by atoms with Gasteiger partial charge in [0.1, 0.15) is 0 Å². The Balaban J connectivity index is 2.45. The molecular weight excluding hydrogens is 160 g/mol. The van der Waals surface area contributed by atoms with E-state index in [4.69, 9.17) is 11.5 Å². The van der Waals surface area contributed by atoms with Crippen LogP contribution in [0.1, 0.15) is 30.4 Å². The maximum Gasteiger partial charge on any atom is 0.0707 e. The van der Waals surface area contributed by atoms with E-state index >= 15 is 0 Å². The van der Waals surface area contributed by atoms with Gasteiger partial charge in [-0.2, -0.15) is 0 Å². The van der Waals surface area contributed by atoms with Crippen molar-refractivity contribution in [2.45, 2.75) is 31.3 Å². The van der Waals surface area contributed by atoms with Crippen molar-refractivity contribution < 1.29 is 0 Å². The highest BCUT2D eigenvalue weighted by molar-refractivity contribution is 5.35. The monoisotopic (exact) mass is 176 g/mol. The van der Waals surface area contributed by atoms with Crippen LogP contribution in [0.4, 0.5) is 0 Å². The lowest BCUT2D eigenvalue weighted by molar-refractivity contribution is 0.327. The van der Waals surface area contributed by atoms with Gasteiger partial charge in [-0.05, 0) is 24.0 Å². The molecule has 1 unspecified atom stereocenters. The van der Waals surface area contributed by atoms with Crippen LogP contribution >= 0.6 is 0 Å². The van der Waals surface area contributed by atoms with Gasteiger partial charge in [0.15, 0.2) is 0 Å². The predicted octanol–water partition coefficient (Wildman–Crippen LogP) is 1.35. The highest BCUT2D eigenvalue weighted by Gasteiger charge is 2.33. The first-order chi connectivity index (χ1) is 6.11. The summed E-state index contributed by atoms with van der Waals surface area (Å²) in [7, 11) is 0. The Hall–Kier alpha value is -0.860. The van der Waals surface area contributed by atoms with Crippen LogP contribution in [0, 0.1) is 0 Å². The molecule has 13 heavy (non-hydrogen) atoms. The Kier molecular flexibility index (Phi) is 1.90. The lowest BCUT2D eigenvalue weighted by atomic mass is 9.77. The molecule has 0 spiro atoms. The van der Waals surface area contributed by atoms with Gasteiger partial charge in [0.25, 0.3) is 0 Å². The number of hydrogen-bond acceptors (Lipinski definition) is 2. The lowest BCUT2D eigenvalue weighted by Gasteiger charge is -2.37. The number of fused-ring (bicyclic) bond motifs is 1. The number of benzene rings is 1. The summed E-state index contributed by atoms with van der Waals surface area (Å²) in [6.07, 6.45) is 1.89. The summed E-state index contributed by atoms with van der Waals surface area (Å²) in [5, 5.41) is 0. The molecular formula is C11H16N2. The normalized spacial score (nSPS) is 25.3. The third-order valence-corrected chi connectivity index (χ3v) is 3.16. The summed E-state index contributed by atoms with van der Waals surface area (Å²) in [6.45, 7) is 2.11. The highest BCUT2D eigenvalue weighted by atomic mass is 15.0. The molecule has 0 fully saturated rings. The molecule has 0 aliphatic heterocycles. The van der Waals surface area contributed by atoms with Crippen LogP contribution in [0.25, 0.3) is 0 Å². The van der Waals surface area contributed by atoms with Crippen LogP contribution in [0.5, 0.6) is 0 Å². The second-order valence-electron chi connectivity index (χ2n) is 4.03. The zero-order valence-electron chi connectivity index (χ0n) is 7.96. The first kappa shape index (κ1) is 8.73. The summed E-state index contributed by atoms with van der Waals surface area (Å²) >= 11 is 0. The van der Waals surface area contributed by atoms with E-state index in [1.54, 1.807) is 0 Å². The Bertz CT molecular complexity index is 318. The fraction of sp³-hybridized carbons (Fsp3) is 0.455. The molecule has 0 saturated heterocycles. The Labute approximate surface area is 78.9 Å². The molecule has 1 aliphatic rings. The molecule has 2 heteroatoms. The van der Waals surface area contributed by atoms with Gasteiger partial charge in [0.2, 0.25) is 0 Å². The largest absolute Gasteiger partial charge is 0.313 e. The van der Waals surface area contributed by atoms with Gasteiger partial charge in [-0.15, -0.1) is 0 Å². The third-order valence-electron chi connectivity index (χ3n) is 3.16. The van der Waals surface area contributed by atoms with Crippen LogP contribution in [0.3, 0.4) is 0 Å². The smallest absolute Gasteiger partial charge is 0.0707 e. The van der Waals surface area contributed by atoms with Crippen molar-refractivity contribution in [3.8, 4) is 0 Å². The minimum absolute atomic E-state index is 0.262. The number of aryl methyl sites for hydroxylation is 1. The van der Waals surface area contributed by atoms with Gasteiger partial charge < -0.3 is 11.5 Å². The highest BCUT2D eigenvalue weighted by Crippen LogP contribution is 2.33. The third kappa shape index (κ3) is 1.36. The van der Waals surface area contributed by atoms with E-state index in [2.05, 4.69) is 31.2 Å².